The minimum atomic E-state index is -1.15. The van der Waals surface area contributed by atoms with Crippen LogP contribution < -0.4 is 9.47 Å². The van der Waals surface area contributed by atoms with Gasteiger partial charge >= 0.3 is 11.9 Å². The van der Waals surface area contributed by atoms with E-state index in [-0.39, 0.29) is 16.9 Å². The molecule has 0 radical (unpaired) electrons. The zero-order chi connectivity index (χ0) is 16.7. The molecule has 2 aromatic carbocycles. The number of benzene rings is 2. The third kappa shape index (κ3) is 4.32. The Kier molecular flexibility index (Phi) is 5.74. The molecule has 120 valence electrons. The van der Waals surface area contributed by atoms with E-state index in [1.54, 1.807) is 36.4 Å². The number of rotatable bonds is 7. The largest absolute Gasteiger partial charge is 0.493 e. The van der Waals surface area contributed by atoms with E-state index in [1.165, 1.54) is 12.1 Å². The maximum Gasteiger partial charge on any atom is 0.347 e. The Bertz CT molecular complexity index is 693. The summed E-state index contributed by atoms with van der Waals surface area (Å²) >= 11 is 0. The first-order valence-corrected chi connectivity index (χ1v) is 7.39. The van der Waals surface area contributed by atoms with Gasteiger partial charge in [-0.05, 0) is 30.7 Å². The molecule has 0 aliphatic carbocycles. The maximum atomic E-state index is 12.3. The van der Waals surface area contributed by atoms with Gasteiger partial charge in [-0.1, -0.05) is 37.6 Å². The molecule has 0 amide bonds. The molecule has 1 N–H and O–H groups in total. The zero-order valence-corrected chi connectivity index (χ0v) is 12.8. The predicted molar refractivity (Wildman–Crippen MR) is 85.2 cm³/mol. The summed E-state index contributed by atoms with van der Waals surface area (Å²) < 4.78 is 10.8. The summed E-state index contributed by atoms with van der Waals surface area (Å²) in [5.74, 6) is -1.36. The van der Waals surface area contributed by atoms with Crippen LogP contribution >= 0.6 is 0 Å². The number of carboxylic acids is 1. The van der Waals surface area contributed by atoms with Crippen LogP contribution in [0.1, 0.15) is 40.5 Å². The third-order valence-corrected chi connectivity index (χ3v) is 3.18. The maximum absolute atomic E-state index is 12.3. The van der Waals surface area contributed by atoms with Gasteiger partial charge in [0.15, 0.2) is 0 Å². The van der Waals surface area contributed by atoms with Crippen molar-refractivity contribution < 1.29 is 24.2 Å². The average molecular weight is 314 g/mol. The molecule has 5 heteroatoms. The quantitative estimate of drug-likeness (QED) is 0.478. The lowest BCUT2D eigenvalue weighted by atomic mass is 10.2. The monoisotopic (exact) mass is 314 g/mol. The van der Waals surface area contributed by atoms with E-state index in [4.69, 9.17) is 14.6 Å². The van der Waals surface area contributed by atoms with Crippen LogP contribution in [0.25, 0.3) is 0 Å². The molecule has 0 aromatic heterocycles. The first-order chi connectivity index (χ1) is 11.1. The lowest BCUT2D eigenvalue weighted by Gasteiger charge is -2.11. The standard InChI is InChI=1S/C18H18O5/c1-2-3-12-22-15-10-6-5-9-14(15)18(21)23-16-11-7-4-8-13(16)17(19)20/h4-11H,2-3,12H2,1H3,(H,19,20). The van der Waals surface area contributed by atoms with E-state index in [1.807, 2.05) is 6.92 Å². The Morgan fingerprint density at radius 2 is 1.57 bits per heavy atom. The minimum Gasteiger partial charge on any atom is -0.493 e. The molecule has 0 unspecified atom stereocenters. The van der Waals surface area contributed by atoms with Crippen LogP contribution in [0.5, 0.6) is 11.5 Å². The van der Waals surface area contributed by atoms with Gasteiger partial charge in [0, 0.05) is 0 Å². The molecule has 0 fully saturated rings. The van der Waals surface area contributed by atoms with Gasteiger partial charge in [0.2, 0.25) is 0 Å². The molecular weight excluding hydrogens is 296 g/mol. The molecule has 0 saturated heterocycles. The van der Waals surface area contributed by atoms with E-state index in [0.29, 0.717) is 12.4 Å². The van der Waals surface area contributed by atoms with Crippen molar-refractivity contribution in [3.63, 3.8) is 0 Å². The van der Waals surface area contributed by atoms with Crippen LogP contribution in [0, 0.1) is 0 Å². The molecule has 2 aromatic rings. The van der Waals surface area contributed by atoms with Gasteiger partial charge in [-0.3, -0.25) is 0 Å². The van der Waals surface area contributed by atoms with Crippen LogP contribution in [-0.4, -0.2) is 23.7 Å². The summed E-state index contributed by atoms with van der Waals surface area (Å²) in [6.07, 6.45) is 1.86. The fraction of sp³-hybridized carbons (Fsp3) is 0.222. The molecule has 0 heterocycles. The second-order valence-corrected chi connectivity index (χ2v) is 4.89. The number of hydrogen-bond acceptors (Lipinski definition) is 4. The smallest absolute Gasteiger partial charge is 0.347 e. The summed E-state index contributed by atoms with van der Waals surface area (Å²) in [6.45, 7) is 2.55. The molecule has 5 nitrogen and oxygen atoms in total. The number of unbranched alkanes of at least 4 members (excludes halogenated alkanes) is 1. The first kappa shape index (κ1) is 16.5. The second kappa shape index (κ2) is 7.98. The number of ether oxygens (including phenoxy) is 2. The van der Waals surface area contributed by atoms with Gasteiger partial charge in [0.25, 0.3) is 0 Å². The first-order valence-electron chi connectivity index (χ1n) is 7.39. The lowest BCUT2D eigenvalue weighted by molar-refractivity contribution is 0.0680. The van der Waals surface area contributed by atoms with E-state index < -0.39 is 11.9 Å². The van der Waals surface area contributed by atoms with E-state index in [9.17, 15) is 9.59 Å². The summed E-state index contributed by atoms with van der Waals surface area (Å²) in [7, 11) is 0. The normalized spacial score (nSPS) is 10.1. The molecular formula is C18H18O5. The topological polar surface area (TPSA) is 72.8 Å². The van der Waals surface area contributed by atoms with Crippen LogP contribution in [0.3, 0.4) is 0 Å². The Morgan fingerprint density at radius 3 is 2.22 bits per heavy atom. The van der Waals surface area contributed by atoms with Crippen molar-refractivity contribution in [3.8, 4) is 11.5 Å². The Balaban J connectivity index is 2.20. The van der Waals surface area contributed by atoms with Crippen LogP contribution in [0.15, 0.2) is 48.5 Å². The van der Waals surface area contributed by atoms with Crippen molar-refractivity contribution in [2.24, 2.45) is 0 Å². The van der Waals surface area contributed by atoms with Crippen molar-refractivity contribution in [1.29, 1.82) is 0 Å². The number of aromatic carboxylic acids is 1. The summed E-state index contributed by atoms with van der Waals surface area (Å²) in [5, 5.41) is 9.13. The van der Waals surface area contributed by atoms with Gasteiger partial charge in [0.1, 0.15) is 22.6 Å². The molecule has 23 heavy (non-hydrogen) atoms. The molecule has 2 rings (SSSR count). The third-order valence-electron chi connectivity index (χ3n) is 3.18. The highest BCUT2D eigenvalue weighted by molar-refractivity contribution is 5.96. The van der Waals surface area contributed by atoms with E-state index >= 15 is 0 Å². The number of carbonyl (C=O) groups is 2. The van der Waals surface area contributed by atoms with Crippen molar-refractivity contribution >= 4 is 11.9 Å². The second-order valence-electron chi connectivity index (χ2n) is 4.89. The fourth-order valence-electron chi connectivity index (χ4n) is 1.97. The molecule has 0 aliphatic rings. The number of carboxylic acid groups (broad SMARTS) is 1. The fourth-order valence-corrected chi connectivity index (χ4v) is 1.97. The summed E-state index contributed by atoms with van der Waals surface area (Å²) in [5.41, 5.74) is 0.203. The van der Waals surface area contributed by atoms with Gasteiger partial charge in [0.05, 0.1) is 6.61 Å². The number of esters is 1. The average Bonchev–Trinajstić information content (AvgIpc) is 2.56. The summed E-state index contributed by atoms with van der Waals surface area (Å²) in [4.78, 5) is 23.5. The minimum absolute atomic E-state index is 0.00774. The highest BCUT2D eigenvalue weighted by Crippen LogP contribution is 2.23. The SMILES string of the molecule is CCCCOc1ccccc1C(=O)Oc1ccccc1C(=O)O. The highest BCUT2D eigenvalue weighted by Gasteiger charge is 2.18. The van der Waals surface area contributed by atoms with E-state index in [0.717, 1.165) is 12.8 Å². The van der Waals surface area contributed by atoms with Crippen molar-refractivity contribution in [1.82, 2.24) is 0 Å². The van der Waals surface area contributed by atoms with Gasteiger partial charge in [-0.2, -0.15) is 0 Å². The van der Waals surface area contributed by atoms with Gasteiger partial charge in [-0.25, -0.2) is 9.59 Å². The number of hydrogen-bond donors (Lipinski definition) is 1. The molecule has 0 spiro atoms. The Morgan fingerprint density at radius 1 is 0.957 bits per heavy atom. The number of carbonyl (C=O) groups excluding carboxylic acids is 1. The van der Waals surface area contributed by atoms with Crippen molar-refractivity contribution in [2.45, 2.75) is 19.8 Å². The summed E-state index contributed by atoms with van der Waals surface area (Å²) in [6, 6.07) is 12.8. The van der Waals surface area contributed by atoms with E-state index in [2.05, 4.69) is 0 Å². The van der Waals surface area contributed by atoms with Crippen LogP contribution in [0.2, 0.25) is 0 Å². The van der Waals surface area contributed by atoms with Gasteiger partial charge in [-0.15, -0.1) is 0 Å². The molecule has 0 aliphatic heterocycles. The lowest BCUT2D eigenvalue weighted by Crippen LogP contribution is -2.13. The van der Waals surface area contributed by atoms with Gasteiger partial charge < -0.3 is 14.6 Å². The molecule has 0 atom stereocenters. The predicted octanol–water partition coefficient (Wildman–Crippen LogP) is 3.78. The molecule has 0 saturated carbocycles. The van der Waals surface area contributed by atoms with Crippen molar-refractivity contribution in [2.75, 3.05) is 6.61 Å². The van der Waals surface area contributed by atoms with Crippen LogP contribution in [0.4, 0.5) is 0 Å². The zero-order valence-electron chi connectivity index (χ0n) is 12.8. The van der Waals surface area contributed by atoms with Crippen molar-refractivity contribution in [3.05, 3.63) is 59.7 Å². The molecule has 0 bridgehead atoms. The Hall–Kier alpha value is -2.82. The van der Waals surface area contributed by atoms with Crippen LogP contribution in [-0.2, 0) is 0 Å². The highest BCUT2D eigenvalue weighted by atomic mass is 16.5. The number of para-hydroxylation sites is 2. The Labute approximate surface area is 134 Å².